The van der Waals surface area contributed by atoms with Crippen LogP contribution >= 0.6 is 24.8 Å². The molecule has 1 saturated heterocycles. The van der Waals surface area contributed by atoms with E-state index in [0.29, 0.717) is 31.3 Å². The van der Waals surface area contributed by atoms with E-state index >= 15 is 0 Å². The van der Waals surface area contributed by atoms with Crippen LogP contribution in [0.25, 0.3) is 0 Å². The van der Waals surface area contributed by atoms with E-state index in [1.807, 2.05) is 47.1 Å². The number of benzene rings is 1. The second-order valence-electron chi connectivity index (χ2n) is 6.34. The number of halogens is 2. The topological polar surface area (TPSA) is 64.2 Å². The average Bonchev–Trinajstić information content (AvgIpc) is 3.19. The predicted octanol–water partition coefficient (Wildman–Crippen LogP) is 2.63. The molecule has 1 fully saturated rings. The number of likely N-dealkylation sites (tertiary alicyclic amines) is 1. The Labute approximate surface area is 161 Å². The molecule has 0 bridgehead atoms. The quantitative estimate of drug-likeness (QED) is 0.861. The van der Waals surface area contributed by atoms with Gasteiger partial charge in [0.05, 0.1) is 6.20 Å². The Morgan fingerprint density at radius 3 is 2.56 bits per heavy atom. The summed E-state index contributed by atoms with van der Waals surface area (Å²) in [7, 11) is 0. The van der Waals surface area contributed by atoms with Crippen molar-refractivity contribution < 1.29 is 4.79 Å². The van der Waals surface area contributed by atoms with Crippen LogP contribution in [-0.2, 0) is 11.3 Å². The molecule has 2 heterocycles. The highest BCUT2D eigenvalue weighted by Crippen LogP contribution is 2.32. The summed E-state index contributed by atoms with van der Waals surface area (Å²) in [5, 5.41) is 4.23. The maximum Gasteiger partial charge on any atom is 0.224 e. The first-order valence-electron chi connectivity index (χ1n) is 8.19. The third-order valence-corrected chi connectivity index (χ3v) is 4.64. The Morgan fingerprint density at radius 1 is 1.24 bits per heavy atom. The fourth-order valence-corrected chi connectivity index (χ4v) is 3.35. The summed E-state index contributed by atoms with van der Waals surface area (Å²) in [6.07, 6.45) is 4.27. The molecular formula is C18H26Cl2N4O. The predicted molar refractivity (Wildman–Crippen MR) is 104 cm³/mol. The van der Waals surface area contributed by atoms with Gasteiger partial charge in [-0.25, -0.2) is 0 Å². The maximum absolute atomic E-state index is 12.5. The monoisotopic (exact) mass is 384 g/mol. The lowest BCUT2D eigenvalue weighted by Crippen LogP contribution is -2.30. The third-order valence-electron chi connectivity index (χ3n) is 4.64. The molecule has 1 aromatic heterocycles. The van der Waals surface area contributed by atoms with E-state index in [2.05, 4.69) is 17.2 Å². The van der Waals surface area contributed by atoms with Crippen LogP contribution in [0.2, 0.25) is 0 Å². The zero-order chi connectivity index (χ0) is 16.2. The Morgan fingerprint density at radius 2 is 1.96 bits per heavy atom. The Hall–Kier alpha value is -1.56. The van der Waals surface area contributed by atoms with E-state index < -0.39 is 0 Å². The lowest BCUT2D eigenvalue weighted by Gasteiger charge is -2.17. The zero-order valence-electron chi connectivity index (χ0n) is 14.4. The van der Waals surface area contributed by atoms with E-state index in [-0.39, 0.29) is 30.7 Å². The van der Waals surface area contributed by atoms with E-state index in [0.717, 1.165) is 18.7 Å². The van der Waals surface area contributed by atoms with Crippen LogP contribution in [0.1, 0.15) is 23.5 Å². The van der Waals surface area contributed by atoms with Crippen molar-refractivity contribution in [3.63, 3.8) is 0 Å². The Bertz CT molecular complexity index is 662. The molecule has 138 valence electrons. The van der Waals surface area contributed by atoms with Gasteiger partial charge in [-0.15, -0.1) is 24.8 Å². The van der Waals surface area contributed by atoms with Crippen molar-refractivity contribution in [2.75, 3.05) is 19.6 Å². The number of nitrogens with two attached hydrogens (primary N) is 1. The molecule has 1 amide bonds. The van der Waals surface area contributed by atoms with E-state index in [1.165, 1.54) is 5.56 Å². The molecule has 3 rings (SSSR count). The number of hydrogen-bond acceptors (Lipinski definition) is 3. The van der Waals surface area contributed by atoms with Crippen LogP contribution in [0.15, 0.2) is 42.7 Å². The zero-order valence-corrected chi connectivity index (χ0v) is 16.0. The summed E-state index contributed by atoms with van der Waals surface area (Å²) in [6, 6.07) is 10.4. The summed E-state index contributed by atoms with van der Waals surface area (Å²) in [4.78, 5) is 14.5. The molecule has 1 aromatic carbocycles. The van der Waals surface area contributed by atoms with Crippen molar-refractivity contribution >= 4 is 30.7 Å². The van der Waals surface area contributed by atoms with Crippen LogP contribution in [0.3, 0.4) is 0 Å². The number of amides is 1. The molecule has 25 heavy (non-hydrogen) atoms. The van der Waals surface area contributed by atoms with Gasteiger partial charge in [0.15, 0.2) is 0 Å². The highest BCUT2D eigenvalue weighted by atomic mass is 35.5. The van der Waals surface area contributed by atoms with Gasteiger partial charge < -0.3 is 10.6 Å². The minimum absolute atomic E-state index is 0. The molecule has 7 heteroatoms. The van der Waals surface area contributed by atoms with Gasteiger partial charge in [0, 0.05) is 38.2 Å². The SMILES string of the molecule is Cc1cnn(CCC(=O)N2C[C@@H](CN)[C@H](c3ccccc3)C2)c1.Cl.Cl. The minimum atomic E-state index is 0. The van der Waals surface area contributed by atoms with Crippen LogP contribution in [0.5, 0.6) is 0 Å². The van der Waals surface area contributed by atoms with Gasteiger partial charge in [-0.05, 0) is 30.5 Å². The van der Waals surface area contributed by atoms with Gasteiger partial charge in [0.2, 0.25) is 5.91 Å². The van der Waals surface area contributed by atoms with E-state index in [4.69, 9.17) is 5.73 Å². The number of nitrogens with zero attached hydrogens (tertiary/aromatic N) is 3. The Kier molecular flexibility index (Phi) is 8.42. The molecule has 1 aliphatic heterocycles. The van der Waals surface area contributed by atoms with Crippen LogP contribution in [0.4, 0.5) is 0 Å². The maximum atomic E-state index is 12.5. The van der Waals surface area contributed by atoms with Crippen molar-refractivity contribution in [3.8, 4) is 0 Å². The smallest absolute Gasteiger partial charge is 0.224 e. The number of carbonyl (C=O) groups excluding carboxylic acids is 1. The van der Waals surface area contributed by atoms with Crippen molar-refractivity contribution in [2.24, 2.45) is 11.7 Å². The molecule has 0 unspecified atom stereocenters. The molecular weight excluding hydrogens is 359 g/mol. The summed E-state index contributed by atoms with van der Waals surface area (Å²) >= 11 is 0. The first-order valence-corrected chi connectivity index (χ1v) is 8.19. The molecule has 5 nitrogen and oxygen atoms in total. The summed E-state index contributed by atoms with van der Waals surface area (Å²) in [6.45, 7) is 4.77. The molecule has 2 aromatic rings. The third kappa shape index (κ3) is 5.21. The normalized spacial score (nSPS) is 19.2. The largest absolute Gasteiger partial charge is 0.342 e. The van der Waals surface area contributed by atoms with Gasteiger partial charge in [0.1, 0.15) is 0 Å². The summed E-state index contributed by atoms with van der Waals surface area (Å²) in [5.41, 5.74) is 8.33. The number of rotatable bonds is 5. The number of carbonyl (C=O) groups is 1. The van der Waals surface area contributed by atoms with Crippen molar-refractivity contribution in [1.29, 1.82) is 0 Å². The van der Waals surface area contributed by atoms with Crippen LogP contribution in [0, 0.1) is 12.8 Å². The number of aryl methyl sites for hydroxylation is 2. The molecule has 2 atom stereocenters. The van der Waals surface area contributed by atoms with Crippen molar-refractivity contribution in [2.45, 2.75) is 25.8 Å². The van der Waals surface area contributed by atoms with Crippen molar-refractivity contribution in [3.05, 3.63) is 53.9 Å². The van der Waals surface area contributed by atoms with E-state index in [9.17, 15) is 4.79 Å². The molecule has 0 spiro atoms. The summed E-state index contributed by atoms with van der Waals surface area (Å²) < 4.78 is 1.83. The number of hydrogen-bond donors (Lipinski definition) is 1. The molecule has 0 saturated carbocycles. The lowest BCUT2D eigenvalue weighted by atomic mass is 9.89. The molecule has 0 radical (unpaired) electrons. The fraction of sp³-hybridized carbons (Fsp3) is 0.444. The lowest BCUT2D eigenvalue weighted by molar-refractivity contribution is -0.130. The first kappa shape index (κ1) is 21.5. The average molecular weight is 385 g/mol. The standard InChI is InChI=1S/C18H24N4O.2ClH/c1-14-10-20-22(11-14)8-7-18(23)21-12-16(9-19)17(13-21)15-5-3-2-4-6-15;;/h2-6,10-11,16-17H,7-9,12-13,19H2,1H3;2*1H/t16-,17+;;/m1../s1. The first-order chi connectivity index (χ1) is 11.2. The van der Waals surface area contributed by atoms with Crippen LogP contribution in [-0.4, -0.2) is 40.2 Å². The molecule has 1 aliphatic rings. The fourth-order valence-electron chi connectivity index (χ4n) is 3.35. The van der Waals surface area contributed by atoms with Gasteiger partial charge >= 0.3 is 0 Å². The minimum Gasteiger partial charge on any atom is -0.342 e. The van der Waals surface area contributed by atoms with Gasteiger partial charge in [-0.1, -0.05) is 30.3 Å². The second-order valence-corrected chi connectivity index (χ2v) is 6.34. The Balaban J connectivity index is 0.00000156. The van der Waals surface area contributed by atoms with Crippen molar-refractivity contribution in [1.82, 2.24) is 14.7 Å². The second kappa shape index (κ2) is 9.80. The molecule has 2 N–H and O–H groups in total. The number of aromatic nitrogens is 2. The van der Waals surface area contributed by atoms with Gasteiger partial charge in [-0.3, -0.25) is 9.48 Å². The van der Waals surface area contributed by atoms with Crippen LogP contribution < -0.4 is 5.73 Å². The van der Waals surface area contributed by atoms with E-state index in [1.54, 1.807) is 0 Å². The summed E-state index contributed by atoms with van der Waals surface area (Å²) in [5.74, 6) is 0.875. The van der Waals surface area contributed by atoms with Gasteiger partial charge in [-0.2, -0.15) is 5.10 Å². The highest BCUT2D eigenvalue weighted by Gasteiger charge is 2.34. The van der Waals surface area contributed by atoms with Gasteiger partial charge in [0.25, 0.3) is 0 Å². The molecule has 0 aliphatic carbocycles. The highest BCUT2D eigenvalue weighted by molar-refractivity contribution is 5.85.